The summed E-state index contributed by atoms with van der Waals surface area (Å²) in [6.07, 6.45) is -4.27. The second-order valence-electron chi connectivity index (χ2n) is 3.28. The van der Waals surface area contributed by atoms with E-state index in [1.165, 1.54) is 6.07 Å². The van der Waals surface area contributed by atoms with Crippen LogP contribution >= 0.6 is 11.3 Å². The van der Waals surface area contributed by atoms with Crippen LogP contribution in [0.4, 0.5) is 18.9 Å². The topological polar surface area (TPSA) is 26.0 Å². The van der Waals surface area contributed by atoms with E-state index in [2.05, 4.69) is 0 Å². The van der Waals surface area contributed by atoms with Gasteiger partial charge in [-0.3, -0.25) is 0 Å². The van der Waals surface area contributed by atoms with Crippen LogP contribution < -0.4 is 5.73 Å². The maximum absolute atomic E-state index is 12.4. The molecule has 0 fully saturated rings. The Kier molecular flexibility index (Phi) is 2.63. The van der Waals surface area contributed by atoms with Gasteiger partial charge in [0.05, 0.1) is 0 Å². The zero-order chi connectivity index (χ0) is 11.8. The van der Waals surface area contributed by atoms with Crippen LogP contribution in [0.2, 0.25) is 0 Å². The Bertz CT molecular complexity index is 485. The number of nitrogen functional groups attached to an aromatic ring is 1. The molecule has 0 unspecified atom stereocenters. The normalized spacial score (nSPS) is 11.7. The lowest BCUT2D eigenvalue weighted by molar-refractivity contribution is -0.134. The van der Waals surface area contributed by atoms with E-state index in [-0.39, 0.29) is 0 Å². The largest absolute Gasteiger partial charge is 0.425 e. The molecule has 1 nitrogen and oxygen atoms in total. The van der Waals surface area contributed by atoms with E-state index in [0.29, 0.717) is 10.6 Å². The molecule has 5 heteroatoms. The van der Waals surface area contributed by atoms with Crippen LogP contribution in [0.1, 0.15) is 4.88 Å². The Balaban J connectivity index is 2.35. The zero-order valence-electron chi connectivity index (χ0n) is 8.08. The van der Waals surface area contributed by atoms with Crippen LogP contribution in [-0.4, -0.2) is 0 Å². The predicted octanol–water partition coefficient (Wildman–Crippen LogP) is 4.02. The van der Waals surface area contributed by atoms with Gasteiger partial charge in [0.15, 0.2) is 0 Å². The minimum atomic E-state index is -4.27. The third-order valence-electron chi connectivity index (χ3n) is 2.08. The van der Waals surface area contributed by atoms with Crippen molar-refractivity contribution in [1.82, 2.24) is 0 Å². The molecular formula is C11H8F3NS. The van der Waals surface area contributed by atoms with Gasteiger partial charge >= 0.3 is 6.18 Å². The summed E-state index contributed by atoms with van der Waals surface area (Å²) in [4.78, 5) is 0.00616. The van der Waals surface area contributed by atoms with Crippen LogP contribution in [0.3, 0.4) is 0 Å². The summed E-state index contributed by atoms with van der Waals surface area (Å²) in [5.41, 5.74) is 6.84. The molecule has 1 aromatic carbocycles. The van der Waals surface area contributed by atoms with Gasteiger partial charge in [-0.2, -0.15) is 13.2 Å². The minimum absolute atomic E-state index is 0.584. The maximum atomic E-state index is 12.4. The van der Waals surface area contributed by atoms with Crippen molar-refractivity contribution < 1.29 is 13.2 Å². The number of anilines is 1. The van der Waals surface area contributed by atoms with Crippen molar-refractivity contribution in [3.05, 3.63) is 41.3 Å². The molecule has 0 saturated carbocycles. The standard InChI is InChI=1S/C11H8F3NS/c12-11(13,14)10-6-5-9(16-10)7-1-3-8(15)4-2-7/h1-6H,15H2. The Morgan fingerprint density at radius 3 is 2.06 bits per heavy atom. The van der Waals surface area contributed by atoms with Gasteiger partial charge in [-0.05, 0) is 29.8 Å². The van der Waals surface area contributed by atoms with Crippen LogP contribution in [0, 0.1) is 0 Å². The van der Waals surface area contributed by atoms with E-state index >= 15 is 0 Å². The highest BCUT2D eigenvalue weighted by molar-refractivity contribution is 7.15. The van der Waals surface area contributed by atoms with E-state index in [4.69, 9.17) is 5.73 Å². The molecule has 0 aliphatic rings. The van der Waals surface area contributed by atoms with E-state index in [1.807, 2.05) is 0 Å². The summed E-state index contributed by atoms with van der Waals surface area (Å²) in [6, 6.07) is 9.32. The number of hydrogen-bond acceptors (Lipinski definition) is 2. The first-order valence-electron chi connectivity index (χ1n) is 4.50. The van der Waals surface area contributed by atoms with E-state index in [9.17, 15) is 13.2 Å². The van der Waals surface area contributed by atoms with Gasteiger partial charge in [0.25, 0.3) is 0 Å². The van der Waals surface area contributed by atoms with Crippen molar-refractivity contribution in [2.75, 3.05) is 5.73 Å². The quantitative estimate of drug-likeness (QED) is 0.752. The molecule has 0 aliphatic heterocycles. The highest BCUT2D eigenvalue weighted by Crippen LogP contribution is 2.38. The molecule has 1 aromatic heterocycles. The average Bonchev–Trinajstić information content (AvgIpc) is 2.67. The molecule has 1 heterocycles. The molecule has 0 aliphatic carbocycles. The average molecular weight is 243 g/mol. The Hall–Kier alpha value is -1.49. The second kappa shape index (κ2) is 3.83. The fraction of sp³-hybridized carbons (Fsp3) is 0.0909. The molecule has 0 spiro atoms. The number of thiophene rings is 1. The molecular weight excluding hydrogens is 235 g/mol. The van der Waals surface area contributed by atoms with Gasteiger partial charge in [-0.15, -0.1) is 11.3 Å². The van der Waals surface area contributed by atoms with Gasteiger partial charge in [0, 0.05) is 10.6 Å². The molecule has 0 radical (unpaired) electrons. The number of rotatable bonds is 1. The summed E-state index contributed by atoms with van der Waals surface area (Å²) in [5.74, 6) is 0. The van der Waals surface area contributed by atoms with E-state index in [1.54, 1.807) is 24.3 Å². The maximum Gasteiger partial charge on any atom is 0.425 e. The lowest BCUT2D eigenvalue weighted by Gasteiger charge is -2.01. The highest BCUT2D eigenvalue weighted by atomic mass is 32.1. The molecule has 16 heavy (non-hydrogen) atoms. The van der Waals surface area contributed by atoms with E-state index in [0.717, 1.165) is 23.0 Å². The van der Waals surface area contributed by atoms with Gasteiger partial charge in [-0.1, -0.05) is 12.1 Å². The molecule has 2 aromatic rings. The van der Waals surface area contributed by atoms with Crippen LogP contribution in [-0.2, 0) is 6.18 Å². The fourth-order valence-electron chi connectivity index (χ4n) is 1.29. The first-order chi connectivity index (χ1) is 7.47. The van der Waals surface area contributed by atoms with Crippen molar-refractivity contribution in [2.45, 2.75) is 6.18 Å². The molecule has 84 valence electrons. The van der Waals surface area contributed by atoms with Crippen LogP contribution in [0.5, 0.6) is 0 Å². The lowest BCUT2D eigenvalue weighted by atomic mass is 10.2. The summed E-state index contributed by atoms with van der Waals surface area (Å²) < 4.78 is 37.1. The third-order valence-corrected chi connectivity index (χ3v) is 3.26. The van der Waals surface area contributed by atoms with Gasteiger partial charge in [-0.25, -0.2) is 0 Å². The molecule has 2 rings (SSSR count). The summed E-state index contributed by atoms with van der Waals surface area (Å²) in [7, 11) is 0. The first-order valence-corrected chi connectivity index (χ1v) is 5.31. The zero-order valence-corrected chi connectivity index (χ0v) is 8.90. The van der Waals surface area contributed by atoms with Crippen LogP contribution in [0.25, 0.3) is 10.4 Å². The second-order valence-corrected chi connectivity index (χ2v) is 4.37. The monoisotopic (exact) mass is 243 g/mol. The van der Waals surface area contributed by atoms with Gasteiger partial charge in [0.1, 0.15) is 4.88 Å². The Morgan fingerprint density at radius 1 is 0.938 bits per heavy atom. The van der Waals surface area contributed by atoms with Crippen LogP contribution in [0.15, 0.2) is 36.4 Å². The van der Waals surface area contributed by atoms with Gasteiger partial charge in [0.2, 0.25) is 0 Å². The van der Waals surface area contributed by atoms with Gasteiger partial charge < -0.3 is 5.73 Å². The molecule has 2 N–H and O–H groups in total. The van der Waals surface area contributed by atoms with Crippen molar-refractivity contribution in [1.29, 1.82) is 0 Å². The van der Waals surface area contributed by atoms with E-state index < -0.39 is 11.1 Å². The fourth-order valence-corrected chi connectivity index (χ4v) is 2.17. The van der Waals surface area contributed by atoms with Crippen molar-refractivity contribution in [2.24, 2.45) is 0 Å². The lowest BCUT2D eigenvalue weighted by Crippen LogP contribution is -2.00. The summed E-state index contributed by atoms with van der Waals surface area (Å²) in [5, 5.41) is 0. The van der Waals surface area contributed by atoms with Crippen molar-refractivity contribution in [3.63, 3.8) is 0 Å². The number of alkyl halides is 3. The minimum Gasteiger partial charge on any atom is -0.399 e. The smallest absolute Gasteiger partial charge is 0.399 e. The predicted molar refractivity (Wildman–Crippen MR) is 59.2 cm³/mol. The number of hydrogen-bond donors (Lipinski definition) is 1. The number of benzene rings is 1. The van der Waals surface area contributed by atoms with Crippen molar-refractivity contribution >= 4 is 17.0 Å². The summed E-state index contributed by atoms with van der Waals surface area (Å²) >= 11 is 0.733. The highest BCUT2D eigenvalue weighted by Gasteiger charge is 2.32. The Labute approximate surface area is 94.3 Å². The number of nitrogens with two attached hydrogens (primary N) is 1. The molecule has 0 atom stereocenters. The van der Waals surface area contributed by atoms with Crippen molar-refractivity contribution in [3.8, 4) is 10.4 Å². The molecule has 0 amide bonds. The number of halogens is 3. The summed E-state index contributed by atoms with van der Waals surface area (Å²) in [6.45, 7) is 0. The SMILES string of the molecule is Nc1ccc(-c2ccc(C(F)(F)F)s2)cc1. The third kappa shape index (κ3) is 2.19. The first kappa shape index (κ1) is 11.0. The Morgan fingerprint density at radius 2 is 1.56 bits per heavy atom. The molecule has 0 saturated heterocycles. The molecule has 0 bridgehead atoms.